The molecule has 2 heterocycles. The number of nitrogens with one attached hydrogen (secondary N) is 2. The maximum Gasteiger partial charge on any atom is 0.250 e. The Hall–Kier alpha value is -2.71. The summed E-state index contributed by atoms with van der Waals surface area (Å²) in [7, 11) is 0. The predicted octanol–water partition coefficient (Wildman–Crippen LogP) is 2.40. The average molecular weight is 444 g/mol. The van der Waals surface area contributed by atoms with Crippen LogP contribution in [0.1, 0.15) is 31.4 Å². The molecule has 1 aromatic carbocycles. The predicted molar refractivity (Wildman–Crippen MR) is 125 cm³/mol. The maximum absolute atomic E-state index is 13.4. The van der Waals surface area contributed by atoms with E-state index in [1.807, 2.05) is 31.3 Å². The number of hydrogen-bond donors (Lipinski definition) is 2. The molecule has 0 amide bonds. The Bertz CT molecular complexity index is 894. The van der Waals surface area contributed by atoms with Crippen molar-refractivity contribution in [2.45, 2.75) is 32.4 Å². The van der Waals surface area contributed by atoms with Gasteiger partial charge in [0.15, 0.2) is 5.96 Å². The monoisotopic (exact) mass is 443 g/mol. The molecule has 32 heavy (non-hydrogen) atoms. The van der Waals surface area contributed by atoms with Gasteiger partial charge in [0.25, 0.3) is 0 Å². The van der Waals surface area contributed by atoms with E-state index in [-0.39, 0.29) is 17.4 Å². The number of ether oxygens (including phenoxy) is 1. The summed E-state index contributed by atoms with van der Waals surface area (Å²) in [6.45, 7) is 7.92. The van der Waals surface area contributed by atoms with Crippen molar-refractivity contribution in [1.29, 1.82) is 0 Å². The molecule has 1 aromatic heterocycles. The van der Waals surface area contributed by atoms with Gasteiger partial charge in [0.05, 0.1) is 25.8 Å². The second-order valence-corrected chi connectivity index (χ2v) is 7.80. The zero-order valence-corrected chi connectivity index (χ0v) is 18.8. The highest BCUT2D eigenvalue weighted by Gasteiger charge is 2.22. The number of hydrogen-bond acceptors (Lipinski definition) is 4. The van der Waals surface area contributed by atoms with E-state index in [1.165, 1.54) is 12.1 Å². The molecule has 0 saturated carbocycles. The molecule has 174 valence electrons. The van der Waals surface area contributed by atoms with Crippen LogP contribution in [-0.4, -0.2) is 61.4 Å². The summed E-state index contributed by atoms with van der Waals surface area (Å²) in [6.07, 6.45) is 3.65. The van der Waals surface area contributed by atoms with Gasteiger partial charge in [-0.05, 0) is 43.5 Å². The van der Waals surface area contributed by atoms with Crippen LogP contribution >= 0.6 is 0 Å². The van der Waals surface area contributed by atoms with E-state index in [2.05, 4.69) is 15.5 Å². The van der Waals surface area contributed by atoms with Crippen LogP contribution in [-0.2, 0) is 11.3 Å². The Balaban J connectivity index is 1.56. The smallest absolute Gasteiger partial charge is 0.250 e. The molecule has 2 aromatic rings. The first-order chi connectivity index (χ1) is 15.7. The highest BCUT2D eigenvalue weighted by Crippen LogP contribution is 2.22. The number of aryl methyl sites for hydroxylation is 1. The van der Waals surface area contributed by atoms with E-state index in [1.54, 1.807) is 16.7 Å². The fourth-order valence-corrected chi connectivity index (χ4v) is 3.78. The largest absolute Gasteiger partial charge is 0.379 e. The summed E-state index contributed by atoms with van der Waals surface area (Å²) in [5.74, 6) is 0.537. The van der Waals surface area contributed by atoms with Crippen LogP contribution in [0.3, 0.4) is 0 Å². The third-order valence-corrected chi connectivity index (χ3v) is 5.53. The van der Waals surface area contributed by atoms with E-state index < -0.39 is 0 Å². The van der Waals surface area contributed by atoms with E-state index in [0.717, 1.165) is 50.5 Å². The van der Waals surface area contributed by atoms with Crippen LogP contribution in [0.15, 0.2) is 58.4 Å². The van der Waals surface area contributed by atoms with Crippen molar-refractivity contribution in [3.63, 3.8) is 0 Å². The number of aromatic nitrogens is 1. The lowest BCUT2D eigenvalue weighted by molar-refractivity contribution is 0.0179. The van der Waals surface area contributed by atoms with Crippen molar-refractivity contribution in [1.82, 2.24) is 20.1 Å². The summed E-state index contributed by atoms with van der Waals surface area (Å²) >= 11 is 0. The van der Waals surface area contributed by atoms with Crippen LogP contribution < -0.4 is 16.2 Å². The number of morpholine rings is 1. The summed E-state index contributed by atoms with van der Waals surface area (Å²) in [5, 5.41) is 6.69. The van der Waals surface area contributed by atoms with Crippen LogP contribution in [0.4, 0.5) is 4.39 Å². The normalized spacial score (nSPS) is 16.0. The second kappa shape index (κ2) is 13.0. The Labute approximate surface area is 189 Å². The van der Waals surface area contributed by atoms with Crippen molar-refractivity contribution in [2.75, 3.05) is 45.9 Å². The number of rotatable bonds is 10. The highest BCUT2D eigenvalue weighted by atomic mass is 19.1. The third-order valence-electron chi connectivity index (χ3n) is 5.53. The Morgan fingerprint density at radius 3 is 2.62 bits per heavy atom. The Morgan fingerprint density at radius 2 is 1.91 bits per heavy atom. The van der Waals surface area contributed by atoms with Gasteiger partial charge in [-0.25, -0.2) is 4.39 Å². The van der Waals surface area contributed by atoms with Gasteiger partial charge in [-0.2, -0.15) is 0 Å². The zero-order chi connectivity index (χ0) is 22.6. The lowest BCUT2D eigenvalue weighted by atomic mass is 10.0. The number of guanidine groups is 1. The van der Waals surface area contributed by atoms with Gasteiger partial charge in [-0.1, -0.05) is 18.2 Å². The molecule has 1 unspecified atom stereocenters. The number of benzene rings is 1. The molecule has 0 radical (unpaired) electrons. The van der Waals surface area contributed by atoms with Gasteiger partial charge in [-0.3, -0.25) is 14.7 Å². The van der Waals surface area contributed by atoms with E-state index >= 15 is 0 Å². The number of aliphatic imine (C=N–C) groups is 1. The van der Waals surface area contributed by atoms with Crippen molar-refractivity contribution in [2.24, 2.45) is 4.99 Å². The standard InChI is InChI=1S/C24H34FN5O2/c1-2-26-24(27-12-4-6-14-30-13-5-3-7-23(30)31)28-19-22(29-15-17-32-18-16-29)20-8-10-21(25)11-9-20/h3,5,7-11,13,22H,2,4,6,12,14-19H2,1H3,(H2,26,27,28). The minimum atomic E-state index is -0.231. The molecule has 7 nitrogen and oxygen atoms in total. The quantitative estimate of drug-likeness (QED) is 0.335. The Morgan fingerprint density at radius 1 is 1.12 bits per heavy atom. The van der Waals surface area contributed by atoms with Gasteiger partial charge < -0.3 is 19.9 Å². The summed E-state index contributed by atoms with van der Waals surface area (Å²) in [4.78, 5) is 18.9. The number of pyridine rings is 1. The molecule has 1 atom stereocenters. The van der Waals surface area contributed by atoms with Crippen LogP contribution in [0, 0.1) is 5.82 Å². The van der Waals surface area contributed by atoms with E-state index in [0.29, 0.717) is 26.3 Å². The van der Waals surface area contributed by atoms with Crippen LogP contribution in [0.25, 0.3) is 0 Å². The first-order valence-corrected chi connectivity index (χ1v) is 11.4. The van der Waals surface area contributed by atoms with Crippen LogP contribution in [0.2, 0.25) is 0 Å². The average Bonchev–Trinajstić information content (AvgIpc) is 2.82. The van der Waals surface area contributed by atoms with Gasteiger partial charge in [0.2, 0.25) is 5.56 Å². The minimum Gasteiger partial charge on any atom is -0.379 e. The molecule has 3 rings (SSSR count). The lowest BCUT2D eigenvalue weighted by Crippen LogP contribution is -2.42. The second-order valence-electron chi connectivity index (χ2n) is 7.80. The summed E-state index contributed by atoms with van der Waals surface area (Å²) in [6, 6.07) is 12.0. The van der Waals surface area contributed by atoms with Gasteiger partial charge >= 0.3 is 0 Å². The Kier molecular flexibility index (Phi) is 9.71. The van der Waals surface area contributed by atoms with Crippen molar-refractivity contribution < 1.29 is 9.13 Å². The molecule has 2 N–H and O–H groups in total. The van der Waals surface area contributed by atoms with Crippen molar-refractivity contribution >= 4 is 5.96 Å². The molecule has 0 spiro atoms. The molecule has 1 aliphatic rings. The molecule has 1 fully saturated rings. The number of unbranched alkanes of at least 4 members (excludes halogenated alkanes) is 1. The van der Waals surface area contributed by atoms with Gasteiger partial charge in [0.1, 0.15) is 5.82 Å². The fourth-order valence-electron chi connectivity index (χ4n) is 3.78. The molecule has 1 saturated heterocycles. The van der Waals surface area contributed by atoms with E-state index in [4.69, 9.17) is 9.73 Å². The first kappa shape index (κ1) is 23.9. The van der Waals surface area contributed by atoms with Gasteiger partial charge in [-0.15, -0.1) is 0 Å². The molecule has 8 heteroatoms. The van der Waals surface area contributed by atoms with Crippen LogP contribution in [0.5, 0.6) is 0 Å². The fraction of sp³-hybridized carbons (Fsp3) is 0.500. The minimum absolute atomic E-state index is 0.0327. The molecular weight excluding hydrogens is 409 g/mol. The molecular formula is C24H34FN5O2. The van der Waals surface area contributed by atoms with Gasteiger partial charge in [0, 0.05) is 45.0 Å². The summed E-state index contributed by atoms with van der Waals surface area (Å²) in [5.41, 5.74) is 1.09. The summed E-state index contributed by atoms with van der Waals surface area (Å²) < 4.78 is 20.7. The van der Waals surface area contributed by atoms with E-state index in [9.17, 15) is 9.18 Å². The first-order valence-electron chi connectivity index (χ1n) is 11.4. The maximum atomic E-state index is 13.4. The SMILES string of the molecule is CCNC(=NCC(c1ccc(F)cc1)N1CCOCC1)NCCCCn1ccccc1=O. The number of halogens is 1. The highest BCUT2D eigenvalue weighted by molar-refractivity contribution is 5.79. The van der Waals surface area contributed by atoms with Crippen molar-refractivity contribution in [3.05, 3.63) is 70.4 Å². The van der Waals surface area contributed by atoms with Crippen molar-refractivity contribution in [3.8, 4) is 0 Å². The lowest BCUT2D eigenvalue weighted by Gasteiger charge is -2.34. The molecule has 0 bridgehead atoms. The third kappa shape index (κ3) is 7.46. The topological polar surface area (TPSA) is 70.9 Å². The number of nitrogens with zero attached hydrogens (tertiary/aromatic N) is 3. The molecule has 0 aliphatic carbocycles. The zero-order valence-electron chi connectivity index (χ0n) is 18.8. The molecule has 1 aliphatic heterocycles.